The number of halogens is 1. The topological polar surface area (TPSA) is 17.1 Å². The molecule has 12 heavy (non-hydrogen) atoms. The Bertz CT molecular complexity index is 268. The first-order valence-electron chi connectivity index (χ1n) is 3.59. The molecule has 0 unspecified atom stereocenters. The highest BCUT2D eigenvalue weighted by Gasteiger charge is 1.98. The summed E-state index contributed by atoms with van der Waals surface area (Å²) in [5.74, 6) is 0.717. The fourth-order valence-corrected chi connectivity index (χ4v) is 1.29. The van der Waals surface area contributed by atoms with E-state index in [9.17, 15) is 4.79 Å². The molecule has 0 heterocycles. The summed E-state index contributed by atoms with van der Waals surface area (Å²) in [6, 6.07) is 7.68. The van der Waals surface area contributed by atoms with Gasteiger partial charge in [0.05, 0.1) is 0 Å². The molecule has 1 nitrogen and oxygen atoms in total. The van der Waals surface area contributed by atoms with Crippen molar-refractivity contribution in [2.24, 2.45) is 0 Å². The number of benzene rings is 1. The van der Waals surface area contributed by atoms with Crippen LogP contribution in [0.25, 0.3) is 0 Å². The molecule has 0 saturated carbocycles. The van der Waals surface area contributed by atoms with E-state index in [1.165, 1.54) is 0 Å². The van der Waals surface area contributed by atoms with Crippen LogP contribution in [-0.4, -0.2) is 5.24 Å². The molecular formula is C9H9ClOS. The van der Waals surface area contributed by atoms with Gasteiger partial charge in [0, 0.05) is 12.2 Å². The standard InChI is InChI=1S/C9H9ClOS/c10-9(11)5-7-1-3-8(6-12)4-2-7/h1-4,12H,5-6H2. The summed E-state index contributed by atoms with van der Waals surface area (Å²) >= 11 is 9.35. The van der Waals surface area contributed by atoms with Gasteiger partial charge in [0.25, 0.3) is 0 Å². The van der Waals surface area contributed by atoms with Crippen molar-refractivity contribution in [3.05, 3.63) is 35.4 Å². The van der Waals surface area contributed by atoms with Crippen LogP contribution >= 0.6 is 24.2 Å². The number of rotatable bonds is 3. The Labute approximate surface area is 82.1 Å². The van der Waals surface area contributed by atoms with Crippen LogP contribution in [-0.2, 0) is 17.0 Å². The highest BCUT2D eigenvalue weighted by Crippen LogP contribution is 2.07. The minimum atomic E-state index is -0.325. The molecule has 0 saturated heterocycles. The van der Waals surface area contributed by atoms with Gasteiger partial charge in [-0.25, -0.2) is 0 Å². The summed E-state index contributed by atoms with van der Waals surface area (Å²) in [7, 11) is 0. The van der Waals surface area contributed by atoms with Crippen LogP contribution in [0.2, 0.25) is 0 Å². The van der Waals surface area contributed by atoms with E-state index in [2.05, 4.69) is 12.6 Å². The Kier molecular flexibility index (Phi) is 3.63. The summed E-state index contributed by atoms with van der Waals surface area (Å²) in [6.45, 7) is 0. The third-order valence-corrected chi connectivity index (χ3v) is 2.05. The van der Waals surface area contributed by atoms with Crippen molar-refractivity contribution in [2.75, 3.05) is 0 Å². The first-order valence-corrected chi connectivity index (χ1v) is 4.60. The molecule has 0 aliphatic rings. The maximum absolute atomic E-state index is 10.5. The average molecular weight is 201 g/mol. The van der Waals surface area contributed by atoms with E-state index in [-0.39, 0.29) is 5.24 Å². The number of carbonyl (C=O) groups is 1. The van der Waals surface area contributed by atoms with E-state index in [0.29, 0.717) is 6.42 Å². The lowest BCUT2D eigenvalue weighted by atomic mass is 10.1. The minimum absolute atomic E-state index is 0.300. The van der Waals surface area contributed by atoms with E-state index in [4.69, 9.17) is 11.6 Å². The van der Waals surface area contributed by atoms with Crippen molar-refractivity contribution < 1.29 is 4.79 Å². The smallest absolute Gasteiger partial charge is 0.226 e. The van der Waals surface area contributed by atoms with Crippen molar-refractivity contribution in [2.45, 2.75) is 12.2 Å². The normalized spacial score (nSPS) is 9.83. The van der Waals surface area contributed by atoms with Crippen LogP contribution < -0.4 is 0 Å². The number of hydrogen-bond acceptors (Lipinski definition) is 2. The van der Waals surface area contributed by atoms with Crippen LogP contribution in [0.3, 0.4) is 0 Å². The van der Waals surface area contributed by atoms with Crippen LogP contribution in [0, 0.1) is 0 Å². The second-order valence-corrected chi connectivity index (χ2v) is 3.24. The maximum Gasteiger partial charge on any atom is 0.226 e. The van der Waals surface area contributed by atoms with Crippen LogP contribution in [0.15, 0.2) is 24.3 Å². The zero-order valence-electron chi connectivity index (χ0n) is 6.46. The van der Waals surface area contributed by atoms with Gasteiger partial charge in [-0.05, 0) is 22.7 Å². The molecule has 64 valence electrons. The fraction of sp³-hybridized carbons (Fsp3) is 0.222. The lowest BCUT2D eigenvalue weighted by Crippen LogP contribution is -1.92. The molecule has 0 aliphatic heterocycles. The van der Waals surface area contributed by atoms with Gasteiger partial charge in [-0.1, -0.05) is 24.3 Å². The average Bonchev–Trinajstić information content (AvgIpc) is 2.05. The predicted octanol–water partition coefficient (Wildman–Crippen LogP) is 2.42. The molecule has 1 rings (SSSR count). The van der Waals surface area contributed by atoms with Crippen molar-refractivity contribution in [3.8, 4) is 0 Å². The third-order valence-electron chi connectivity index (χ3n) is 1.55. The summed E-state index contributed by atoms with van der Waals surface area (Å²) in [4.78, 5) is 10.5. The second-order valence-electron chi connectivity index (χ2n) is 2.51. The van der Waals surface area contributed by atoms with Crippen molar-refractivity contribution >= 4 is 29.5 Å². The number of hydrogen-bond donors (Lipinski definition) is 1. The number of carbonyl (C=O) groups excluding carboxylic acids is 1. The highest BCUT2D eigenvalue weighted by molar-refractivity contribution is 7.79. The zero-order chi connectivity index (χ0) is 8.97. The fourth-order valence-electron chi connectivity index (χ4n) is 0.923. The molecule has 1 aromatic rings. The van der Waals surface area contributed by atoms with E-state index < -0.39 is 0 Å². The molecule has 0 N–H and O–H groups in total. The monoisotopic (exact) mass is 200 g/mol. The molecule has 0 aromatic heterocycles. The molecule has 0 aliphatic carbocycles. The van der Waals surface area contributed by atoms with Gasteiger partial charge in [-0.15, -0.1) is 0 Å². The van der Waals surface area contributed by atoms with Gasteiger partial charge in [-0.2, -0.15) is 12.6 Å². The third kappa shape index (κ3) is 2.88. The summed E-state index contributed by atoms with van der Waals surface area (Å²) in [5, 5.41) is -0.325. The predicted molar refractivity (Wildman–Crippen MR) is 53.7 cm³/mol. The molecule has 3 heteroatoms. The summed E-state index contributed by atoms with van der Waals surface area (Å²) < 4.78 is 0. The second kappa shape index (κ2) is 4.53. The van der Waals surface area contributed by atoms with Gasteiger partial charge in [0.1, 0.15) is 0 Å². The number of thiol groups is 1. The first kappa shape index (κ1) is 9.62. The van der Waals surface area contributed by atoms with E-state index in [0.717, 1.165) is 16.9 Å². The summed E-state index contributed by atoms with van der Waals surface area (Å²) in [6.07, 6.45) is 0.300. The maximum atomic E-state index is 10.5. The Hall–Kier alpha value is -0.470. The van der Waals surface area contributed by atoms with Crippen molar-refractivity contribution in [1.29, 1.82) is 0 Å². The molecule has 0 amide bonds. The largest absolute Gasteiger partial charge is 0.281 e. The van der Waals surface area contributed by atoms with Gasteiger partial charge in [0.2, 0.25) is 5.24 Å². The molecule has 0 atom stereocenters. The zero-order valence-corrected chi connectivity index (χ0v) is 8.11. The van der Waals surface area contributed by atoms with Crippen LogP contribution in [0.1, 0.15) is 11.1 Å². The van der Waals surface area contributed by atoms with Crippen molar-refractivity contribution in [1.82, 2.24) is 0 Å². The molecule has 0 spiro atoms. The summed E-state index contributed by atoms with van der Waals surface area (Å²) in [5.41, 5.74) is 2.09. The molecular weight excluding hydrogens is 192 g/mol. The van der Waals surface area contributed by atoms with E-state index >= 15 is 0 Å². The van der Waals surface area contributed by atoms with Crippen LogP contribution in [0.5, 0.6) is 0 Å². The Morgan fingerprint density at radius 1 is 1.25 bits per heavy atom. The lowest BCUT2D eigenvalue weighted by Gasteiger charge is -1.98. The molecule has 0 fully saturated rings. The van der Waals surface area contributed by atoms with Gasteiger partial charge in [-0.3, -0.25) is 4.79 Å². The highest BCUT2D eigenvalue weighted by atomic mass is 35.5. The molecule has 1 aromatic carbocycles. The Morgan fingerprint density at radius 3 is 2.17 bits per heavy atom. The van der Waals surface area contributed by atoms with Gasteiger partial charge < -0.3 is 0 Å². The van der Waals surface area contributed by atoms with Crippen LogP contribution in [0.4, 0.5) is 0 Å². The Morgan fingerprint density at radius 2 is 1.75 bits per heavy atom. The molecule has 0 bridgehead atoms. The van der Waals surface area contributed by atoms with E-state index in [1.54, 1.807) is 0 Å². The van der Waals surface area contributed by atoms with E-state index in [1.807, 2.05) is 24.3 Å². The Balaban J connectivity index is 2.71. The van der Waals surface area contributed by atoms with Gasteiger partial charge >= 0.3 is 0 Å². The van der Waals surface area contributed by atoms with Crippen molar-refractivity contribution in [3.63, 3.8) is 0 Å². The first-order chi connectivity index (χ1) is 5.72. The molecule has 0 radical (unpaired) electrons. The SMILES string of the molecule is O=C(Cl)Cc1ccc(CS)cc1. The lowest BCUT2D eigenvalue weighted by molar-refractivity contribution is -0.111. The van der Waals surface area contributed by atoms with Gasteiger partial charge in [0.15, 0.2) is 0 Å². The minimum Gasteiger partial charge on any atom is -0.281 e. The quantitative estimate of drug-likeness (QED) is 0.586.